The Labute approximate surface area is 114 Å². The molecule has 4 nitrogen and oxygen atoms in total. The molecule has 1 heterocycles. The summed E-state index contributed by atoms with van der Waals surface area (Å²) in [7, 11) is 0. The van der Waals surface area contributed by atoms with Crippen LogP contribution < -0.4 is 0 Å². The average Bonchev–Trinajstić information content (AvgIpc) is 2.77. The van der Waals surface area contributed by atoms with E-state index in [0.29, 0.717) is 12.3 Å². The van der Waals surface area contributed by atoms with Crippen molar-refractivity contribution >= 4 is 40.3 Å². The number of esters is 1. The second-order valence-electron chi connectivity index (χ2n) is 3.32. The van der Waals surface area contributed by atoms with E-state index >= 15 is 0 Å². The van der Waals surface area contributed by atoms with E-state index < -0.39 is 5.97 Å². The second kappa shape index (κ2) is 8.05. The number of nitrogens with zero attached hydrogens (tertiary/aromatic N) is 1. The Hall–Kier alpha value is -1.14. The lowest BCUT2D eigenvalue weighted by molar-refractivity contribution is -0.109. The van der Waals surface area contributed by atoms with E-state index in [2.05, 4.69) is 4.98 Å². The molecule has 1 rings (SSSR count). The van der Waals surface area contributed by atoms with Crippen LogP contribution in [0.3, 0.4) is 0 Å². The van der Waals surface area contributed by atoms with Gasteiger partial charge in [0.1, 0.15) is 0 Å². The molecule has 0 amide bonds. The molecule has 0 spiro atoms. The first-order valence-electron chi connectivity index (χ1n) is 5.55. The van der Waals surface area contributed by atoms with Gasteiger partial charge in [-0.1, -0.05) is 17.8 Å². The van der Waals surface area contributed by atoms with Crippen molar-refractivity contribution in [2.75, 3.05) is 12.4 Å². The van der Waals surface area contributed by atoms with Gasteiger partial charge in [-0.05, 0) is 19.4 Å². The van der Waals surface area contributed by atoms with Crippen molar-refractivity contribution in [3.05, 3.63) is 22.2 Å². The molecular formula is C12H15NO3S2. The molecule has 18 heavy (non-hydrogen) atoms. The molecule has 0 atom stereocenters. The highest BCUT2D eigenvalue weighted by atomic mass is 32.2. The molecule has 0 aliphatic carbocycles. The van der Waals surface area contributed by atoms with Crippen LogP contribution in [0.2, 0.25) is 0 Å². The third-order valence-electron chi connectivity index (χ3n) is 1.92. The molecular weight excluding hydrogens is 270 g/mol. The molecule has 0 aliphatic rings. The summed E-state index contributed by atoms with van der Waals surface area (Å²) in [5, 5.41) is 0.119. The third-order valence-corrected chi connectivity index (χ3v) is 3.56. The zero-order valence-electron chi connectivity index (χ0n) is 10.3. The van der Waals surface area contributed by atoms with Crippen LogP contribution in [0.1, 0.15) is 35.6 Å². The lowest BCUT2D eigenvalue weighted by Crippen LogP contribution is -2.06. The minimum Gasteiger partial charge on any atom is -0.461 e. The average molecular weight is 285 g/mol. The molecule has 0 aromatic carbocycles. The Morgan fingerprint density at radius 1 is 1.56 bits per heavy atom. The van der Waals surface area contributed by atoms with E-state index in [4.69, 9.17) is 4.74 Å². The van der Waals surface area contributed by atoms with Crippen LogP contribution in [-0.2, 0) is 9.53 Å². The number of thioether (sulfide) groups is 1. The lowest BCUT2D eigenvalue weighted by Gasteiger charge is -1.98. The van der Waals surface area contributed by atoms with Gasteiger partial charge < -0.3 is 4.74 Å². The number of aromatic nitrogens is 1. The highest BCUT2D eigenvalue weighted by molar-refractivity contribution is 8.13. The van der Waals surface area contributed by atoms with Gasteiger partial charge in [-0.2, -0.15) is 0 Å². The quantitative estimate of drug-likeness (QED) is 0.594. The van der Waals surface area contributed by atoms with Gasteiger partial charge in [0.15, 0.2) is 10.8 Å². The number of allylic oxidation sites excluding steroid dienone is 1. The molecule has 0 bridgehead atoms. The summed E-state index contributed by atoms with van der Waals surface area (Å²) in [5.74, 6) is 0.357. The zero-order chi connectivity index (χ0) is 13.4. The van der Waals surface area contributed by atoms with Crippen LogP contribution in [0.15, 0.2) is 11.6 Å². The Balaban J connectivity index is 2.51. The molecule has 0 saturated heterocycles. The summed E-state index contributed by atoms with van der Waals surface area (Å²) in [4.78, 5) is 27.1. The number of carbonyl (C=O) groups is 2. The van der Waals surface area contributed by atoms with Crippen molar-refractivity contribution < 1.29 is 14.3 Å². The van der Waals surface area contributed by atoms with Crippen molar-refractivity contribution in [1.29, 1.82) is 0 Å². The minimum absolute atomic E-state index is 0.119. The standard InChI is InChI=1S/C12H15NO3S2/c1-3-16-12(15)11-10(18-8-13-11)6-4-5-7-17-9(2)14/h4,6,8H,3,5,7H2,1-2H3. The van der Waals surface area contributed by atoms with E-state index in [9.17, 15) is 9.59 Å². The summed E-state index contributed by atoms with van der Waals surface area (Å²) in [6.45, 7) is 3.66. The van der Waals surface area contributed by atoms with Crippen molar-refractivity contribution in [2.24, 2.45) is 0 Å². The maximum absolute atomic E-state index is 11.5. The second-order valence-corrected chi connectivity index (χ2v) is 5.47. The fourth-order valence-corrected chi connectivity index (χ4v) is 2.42. The topological polar surface area (TPSA) is 56.3 Å². The molecule has 0 N–H and O–H groups in total. The molecule has 1 aromatic rings. The van der Waals surface area contributed by atoms with Crippen LogP contribution >= 0.6 is 23.1 Å². The third kappa shape index (κ3) is 5.01. The number of thiazole rings is 1. The molecule has 6 heteroatoms. The maximum Gasteiger partial charge on any atom is 0.358 e. The summed E-state index contributed by atoms with van der Waals surface area (Å²) < 4.78 is 4.91. The van der Waals surface area contributed by atoms with Gasteiger partial charge >= 0.3 is 5.97 Å². The Bertz CT molecular complexity index is 440. The first kappa shape index (κ1) is 14.9. The van der Waals surface area contributed by atoms with Gasteiger partial charge in [-0.25, -0.2) is 9.78 Å². The smallest absolute Gasteiger partial charge is 0.358 e. The zero-order valence-corrected chi connectivity index (χ0v) is 12.0. The Morgan fingerprint density at radius 3 is 3.00 bits per heavy atom. The predicted molar refractivity (Wildman–Crippen MR) is 74.9 cm³/mol. The van der Waals surface area contributed by atoms with E-state index in [0.717, 1.165) is 17.1 Å². The largest absolute Gasteiger partial charge is 0.461 e. The summed E-state index contributed by atoms with van der Waals surface area (Å²) in [6.07, 6.45) is 4.57. The van der Waals surface area contributed by atoms with Gasteiger partial charge in [0.2, 0.25) is 0 Å². The molecule has 0 saturated carbocycles. The highest BCUT2D eigenvalue weighted by Gasteiger charge is 2.13. The first-order valence-corrected chi connectivity index (χ1v) is 7.42. The first-order chi connectivity index (χ1) is 8.65. The number of ether oxygens (including phenoxy) is 1. The summed E-state index contributed by atoms with van der Waals surface area (Å²) >= 11 is 2.69. The summed E-state index contributed by atoms with van der Waals surface area (Å²) in [6, 6.07) is 0. The molecule has 1 aromatic heterocycles. The Kier molecular flexibility index (Phi) is 6.67. The van der Waals surface area contributed by atoms with Gasteiger partial charge in [0.25, 0.3) is 0 Å². The van der Waals surface area contributed by atoms with E-state index in [1.54, 1.807) is 19.4 Å². The number of hydrogen-bond acceptors (Lipinski definition) is 6. The predicted octanol–water partition coefficient (Wildman–Crippen LogP) is 3.00. The highest BCUT2D eigenvalue weighted by Crippen LogP contribution is 2.17. The SMILES string of the molecule is CCOC(=O)c1ncsc1C=CCCSC(C)=O. The monoisotopic (exact) mass is 285 g/mol. The number of carbonyl (C=O) groups excluding carboxylic acids is 2. The van der Waals surface area contributed by atoms with Crippen molar-refractivity contribution in [1.82, 2.24) is 4.98 Å². The molecule has 98 valence electrons. The van der Waals surface area contributed by atoms with Crippen LogP contribution in [-0.4, -0.2) is 28.4 Å². The fourth-order valence-electron chi connectivity index (χ4n) is 1.19. The van der Waals surface area contributed by atoms with Crippen LogP contribution in [0, 0.1) is 0 Å². The van der Waals surface area contributed by atoms with Crippen molar-refractivity contribution in [3.63, 3.8) is 0 Å². The van der Waals surface area contributed by atoms with Gasteiger partial charge in [-0.15, -0.1) is 11.3 Å². The molecule has 0 fully saturated rings. The maximum atomic E-state index is 11.5. The molecule has 0 aliphatic heterocycles. The van der Waals surface area contributed by atoms with E-state index in [-0.39, 0.29) is 5.12 Å². The van der Waals surface area contributed by atoms with E-state index in [1.807, 2.05) is 12.2 Å². The van der Waals surface area contributed by atoms with Crippen molar-refractivity contribution in [3.8, 4) is 0 Å². The van der Waals surface area contributed by atoms with Crippen LogP contribution in [0.25, 0.3) is 6.08 Å². The van der Waals surface area contributed by atoms with Gasteiger partial charge in [0, 0.05) is 12.7 Å². The fraction of sp³-hybridized carbons (Fsp3) is 0.417. The van der Waals surface area contributed by atoms with Gasteiger partial charge in [0.05, 0.1) is 17.0 Å². The number of hydrogen-bond donors (Lipinski definition) is 0. The Morgan fingerprint density at radius 2 is 2.33 bits per heavy atom. The molecule has 0 radical (unpaired) electrons. The van der Waals surface area contributed by atoms with Crippen molar-refractivity contribution in [2.45, 2.75) is 20.3 Å². The minimum atomic E-state index is -0.392. The normalized spacial score (nSPS) is 10.8. The lowest BCUT2D eigenvalue weighted by atomic mass is 10.3. The molecule has 0 unspecified atom stereocenters. The van der Waals surface area contributed by atoms with Crippen LogP contribution in [0.5, 0.6) is 0 Å². The summed E-state index contributed by atoms with van der Waals surface area (Å²) in [5.41, 5.74) is 1.98. The van der Waals surface area contributed by atoms with Crippen LogP contribution in [0.4, 0.5) is 0 Å². The van der Waals surface area contributed by atoms with Gasteiger partial charge in [-0.3, -0.25) is 4.79 Å². The number of rotatable bonds is 6. The van der Waals surface area contributed by atoms with E-state index in [1.165, 1.54) is 23.1 Å².